The molecule has 1 amide bonds. The number of carboxylic acid groups (broad SMARTS) is 1. The molecule has 2 N–H and O–H groups in total. The summed E-state index contributed by atoms with van der Waals surface area (Å²) in [6, 6.07) is 0. The van der Waals surface area contributed by atoms with Gasteiger partial charge in [-0.25, -0.2) is 0 Å². The zero-order chi connectivity index (χ0) is 14.8. The Labute approximate surface area is 112 Å². The number of carbonyl (C=O) groups is 2. The summed E-state index contributed by atoms with van der Waals surface area (Å²) in [5.74, 6) is -1.26. The summed E-state index contributed by atoms with van der Waals surface area (Å²) in [4.78, 5) is 22.8. The first-order chi connectivity index (χ1) is 8.54. The molecular weight excluding hydrogens is 246 g/mol. The lowest BCUT2D eigenvalue weighted by molar-refractivity contribution is -0.146. The van der Waals surface area contributed by atoms with Crippen LogP contribution in [0.15, 0.2) is 12.4 Å². The monoisotopic (exact) mass is 267 g/mol. The van der Waals surface area contributed by atoms with Crippen molar-refractivity contribution in [2.24, 2.45) is 5.41 Å². The van der Waals surface area contributed by atoms with Crippen molar-refractivity contribution in [1.29, 1.82) is 0 Å². The lowest BCUT2D eigenvalue weighted by Crippen LogP contribution is -2.38. The van der Waals surface area contributed by atoms with Crippen molar-refractivity contribution in [3.63, 3.8) is 0 Å². The second-order valence-corrected chi connectivity index (χ2v) is 6.22. The Morgan fingerprint density at radius 3 is 2.32 bits per heavy atom. The number of aromatic nitrogens is 2. The third kappa shape index (κ3) is 3.81. The highest BCUT2D eigenvalue weighted by Crippen LogP contribution is 2.15. The summed E-state index contributed by atoms with van der Waals surface area (Å²) in [7, 11) is 0. The predicted molar refractivity (Wildman–Crippen MR) is 71.0 cm³/mol. The van der Waals surface area contributed by atoms with E-state index in [9.17, 15) is 9.59 Å². The van der Waals surface area contributed by atoms with Crippen molar-refractivity contribution in [1.82, 2.24) is 15.1 Å². The van der Waals surface area contributed by atoms with E-state index >= 15 is 0 Å². The number of hydrogen-bond acceptors (Lipinski definition) is 3. The van der Waals surface area contributed by atoms with E-state index in [0.717, 1.165) is 0 Å². The fraction of sp³-hybridized carbons (Fsp3) is 0.615. The van der Waals surface area contributed by atoms with Crippen molar-refractivity contribution < 1.29 is 14.7 Å². The van der Waals surface area contributed by atoms with Gasteiger partial charge in [-0.1, -0.05) is 0 Å². The Bertz CT molecular complexity index is 484. The summed E-state index contributed by atoms with van der Waals surface area (Å²) in [5.41, 5.74) is -0.759. The van der Waals surface area contributed by atoms with Crippen molar-refractivity contribution >= 4 is 11.9 Å². The molecule has 19 heavy (non-hydrogen) atoms. The highest BCUT2D eigenvalue weighted by Gasteiger charge is 2.28. The normalized spacial score (nSPS) is 12.3. The molecule has 0 saturated heterocycles. The molecule has 106 valence electrons. The number of nitrogens with one attached hydrogen (secondary N) is 1. The van der Waals surface area contributed by atoms with E-state index in [2.05, 4.69) is 10.4 Å². The van der Waals surface area contributed by atoms with E-state index in [1.807, 2.05) is 20.8 Å². The topological polar surface area (TPSA) is 84.2 Å². The van der Waals surface area contributed by atoms with E-state index in [1.54, 1.807) is 24.7 Å². The quantitative estimate of drug-likeness (QED) is 0.865. The second kappa shape index (κ2) is 5.03. The van der Waals surface area contributed by atoms with Gasteiger partial charge in [-0.15, -0.1) is 0 Å². The number of rotatable bonds is 4. The number of carbonyl (C=O) groups excluding carboxylic acids is 1. The molecule has 1 aromatic rings. The smallest absolute Gasteiger partial charge is 0.310 e. The van der Waals surface area contributed by atoms with E-state index in [1.165, 1.54) is 6.20 Å². The van der Waals surface area contributed by atoms with Crippen LogP contribution in [0.5, 0.6) is 0 Å². The molecule has 6 heteroatoms. The minimum absolute atomic E-state index is 0.0713. The molecule has 6 nitrogen and oxygen atoms in total. The molecule has 0 atom stereocenters. The highest BCUT2D eigenvalue weighted by atomic mass is 16.4. The molecule has 0 radical (unpaired) electrons. The average molecular weight is 267 g/mol. The lowest BCUT2D eigenvalue weighted by Gasteiger charge is -2.19. The molecule has 1 heterocycles. The summed E-state index contributed by atoms with van der Waals surface area (Å²) in [6.07, 6.45) is 3.14. The largest absolute Gasteiger partial charge is 0.481 e. The van der Waals surface area contributed by atoms with Gasteiger partial charge in [0, 0.05) is 12.7 Å². The van der Waals surface area contributed by atoms with Gasteiger partial charge in [0.1, 0.15) is 0 Å². The van der Waals surface area contributed by atoms with Crippen molar-refractivity contribution in [3.05, 3.63) is 18.0 Å². The van der Waals surface area contributed by atoms with Gasteiger partial charge < -0.3 is 10.4 Å². The number of hydrogen-bond donors (Lipinski definition) is 2. The van der Waals surface area contributed by atoms with E-state index in [0.29, 0.717) is 5.56 Å². The zero-order valence-electron chi connectivity index (χ0n) is 12.0. The Morgan fingerprint density at radius 1 is 1.32 bits per heavy atom. The van der Waals surface area contributed by atoms with Crippen LogP contribution in [0.3, 0.4) is 0 Å². The molecule has 0 aromatic carbocycles. The minimum atomic E-state index is -0.990. The molecule has 0 spiro atoms. The Balaban J connectivity index is 2.70. The van der Waals surface area contributed by atoms with Crippen molar-refractivity contribution in [3.8, 4) is 0 Å². The zero-order valence-corrected chi connectivity index (χ0v) is 12.0. The van der Waals surface area contributed by atoms with Gasteiger partial charge in [-0.05, 0) is 34.6 Å². The third-order valence-corrected chi connectivity index (χ3v) is 2.80. The molecule has 0 aliphatic heterocycles. The second-order valence-electron chi connectivity index (χ2n) is 6.22. The number of amides is 1. The third-order valence-electron chi connectivity index (χ3n) is 2.80. The van der Waals surface area contributed by atoms with E-state index in [4.69, 9.17) is 5.11 Å². The minimum Gasteiger partial charge on any atom is -0.481 e. The molecule has 1 aromatic heterocycles. The number of aliphatic carboxylic acids is 1. The lowest BCUT2D eigenvalue weighted by atomic mass is 9.94. The summed E-state index contributed by atoms with van der Waals surface area (Å²) >= 11 is 0. The van der Waals surface area contributed by atoms with Gasteiger partial charge >= 0.3 is 5.97 Å². The summed E-state index contributed by atoms with van der Waals surface area (Å²) < 4.78 is 1.70. The highest BCUT2D eigenvalue weighted by molar-refractivity contribution is 5.94. The van der Waals surface area contributed by atoms with Crippen LogP contribution in [0.2, 0.25) is 0 Å². The van der Waals surface area contributed by atoms with Crippen LogP contribution in [0, 0.1) is 5.41 Å². The van der Waals surface area contributed by atoms with Gasteiger partial charge in [0.05, 0.1) is 22.7 Å². The molecule has 1 rings (SSSR count). The van der Waals surface area contributed by atoms with Crippen LogP contribution in [-0.2, 0) is 10.3 Å². The number of nitrogens with zero attached hydrogens (tertiary/aromatic N) is 2. The van der Waals surface area contributed by atoms with E-state index < -0.39 is 11.4 Å². The molecule has 0 aliphatic carbocycles. The van der Waals surface area contributed by atoms with E-state index in [-0.39, 0.29) is 18.0 Å². The summed E-state index contributed by atoms with van der Waals surface area (Å²) in [5, 5.41) is 15.7. The average Bonchev–Trinajstić information content (AvgIpc) is 2.74. The van der Waals surface area contributed by atoms with Gasteiger partial charge in [0.25, 0.3) is 5.91 Å². The maximum atomic E-state index is 11.9. The summed E-state index contributed by atoms with van der Waals surface area (Å²) in [6.45, 7) is 9.14. The van der Waals surface area contributed by atoms with Crippen LogP contribution < -0.4 is 5.32 Å². The van der Waals surface area contributed by atoms with Crippen LogP contribution in [0.1, 0.15) is 45.0 Å². The molecular formula is C13H21N3O3. The molecule has 0 aliphatic rings. The first kappa shape index (κ1) is 15.2. The van der Waals surface area contributed by atoms with Crippen LogP contribution in [-0.4, -0.2) is 33.3 Å². The number of carboxylic acids is 1. The first-order valence-corrected chi connectivity index (χ1v) is 6.11. The molecule has 0 unspecified atom stereocenters. The predicted octanol–water partition coefficient (Wildman–Crippen LogP) is 1.48. The van der Waals surface area contributed by atoms with Gasteiger partial charge in [-0.3, -0.25) is 14.3 Å². The Morgan fingerprint density at radius 2 is 1.89 bits per heavy atom. The van der Waals surface area contributed by atoms with Crippen LogP contribution in [0.25, 0.3) is 0 Å². The van der Waals surface area contributed by atoms with Crippen molar-refractivity contribution in [2.75, 3.05) is 6.54 Å². The maximum Gasteiger partial charge on any atom is 0.310 e. The Hall–Kier alpha value is -1.85. The molecule has 0 fully saturated rings. The fourth-order valence-corrected chi connectivity index (χ4v) is 1.29. The first-order valence-electron chi connectivity index (χ1n) is 6.11. The molecule has 0 bridgehead atoms. The fourth-order valence-electron chi connectivity index (χ4n) is 1.29. The Kier molecular flexibility index (Phi) is 4.03. The van der Waals surface area contributed by atoms with Gasteiger partial charge in [0.15, 0.2) is 0 Å². The van der Waals surface area contributed by atoms with Crippen molar-refractivity contribution in [2.45, 2.75) is 40.2 Å². The van der Waals surface area contributed by atoms with Gasteiger partial charge in [0.2, 0.25) is 0 Å². The van der Waals surface area contributed by atoms with Crippen LogP contribution >= 0.6 is 0 Å². The maximum absolute atomic E-state index is 11.9. The SMILES string of the molecule is CC(C)(CNC(=O)c1cnn(C(C)(C)C)c1)C(=O)O. The molecule has 0 saturated carbocycles. The standard InChI is InChI=1S/C13H21N3O3/c1-12(2,3)16-7-9(6-15-16)10(17)14-8-13(4,5)11(18)19/h6-7H,8H2,1-5H3,(H,14,17)(H,18,19). The van der Waals surface area contributed by atoms with Gasteiger partial charge in [-0.2, -0.15) is 5.10 Å². The van der Waals surface area contributed by atoms with Crippen LogP contribution in [0.4, 0.5) is 0 Å².